The molecule has 0 aliphatic heterocycles. The van der Waals surface area contributed by atoms with Crippen LogP contribution >= 0.6 is 0 Å². The number of hydrogen-bond acceptors (Lipinski definition) is 1. The number of Topliss-reactive ketones (excluding diaryl/α,β-unsaturated/α-hetero) is 1. The number of carbonyl (C=O) groups is 1. The molecule has 0 amide bonds. The minimum atomic E-state index is 0.200. The van der Waals surface area contributed by atoms with Gasteiger partial charge in [0, 0.05) is 17.3 Å². The van der Waals surface area contributed by atoms with Crippen LogP contribution in [0.1, 0.15) is 35.8 Å². The Bertz CT molecular complexity index is 496. The molecule has 1 N–H and O–H groups in total. The van der Waals surface area contributed by atoms with Gasteiger partial charge in [-0.05, 0) is 31.5 Å². The molecule has 15 heavy (non-hydrogen) atoms. The number of ketones is 1. The first-order valence-corrected chi connectivity index (χ1v) is 5.33. The number of rotatable bonds is 3. The van der Waals surface area contributed by atoms with Gasteiger partial charge < -0.3 is 4.98 Å². The Kier molecular flexibility index (Phi) is 2.58. The van der Waals surface area contributed by atoms with Gasteiger partial charge in [0.2, 0.25) is 0 Å². The summed E-state index contributed by atoms with van der Waals surface area (Å²) < 4.78 is 0. The Labute approximate surface area is 89.3 Å². The highest BCUT2D eigenvalue weighted by molar-refractivity contribution is 5.99. The van der Waals surface area contributed by atoms with E-state index in [-0.39, 0.29) is 5.78 Å². The summed E-state index contributed by atoms with van der Waals surface area (Å²) >= 11 is 0. The lowest BCUT2D eigenvalue weighted by Gasteiger charge is -1.92. The first kappa shape index (κ1) is 9.97. The third kappa shape index (κ3) is 1.94. The number of hydrogen-bond donors (Lipinski definition) is 1. The number of carbonyl (C=O) groups excluding carboxylic acids is 1. The molecule has 0 spiro atoms. The third-order valence-electron chi connectivity index (χ3n) is 2.55. The molecule has 0 bridgehead atoms. The van der Waals surface area contributed by atoms with Gasteiger partial charge in [0.15, 0.2) is 5.78 Å². The van der Waals surface area contributed by atoms with Crippen LogP contribution < -0.4 is 0 Å². The molecular formula is C13H15NO. The first-order chi connectivity index (χ1) is 7.20. The van der Waals surface area contributed by atoms with Crippen molar-refractivity contribution < 1.29 is 4.79 Å². The van der Waals surface area contributed by atoms with Crippen LogP contribution in [0.4, 0.5) is 0 Å². The standard InChI is InChI=1S/C13H15NO/c1-3-4-13(15)12-8-10-7-9(2)5-6-11(10)14-12/h5-8,14H,3-4H2,1-2H3. The Morgan fingerprint density at radius 3 is 2.87 bits per heavy atom. The van der Waals surface area contributed by atoms with Crippen LogP contribution in [0, 0.1) is 6.92 Å². The Balaban J connectivity index is 2.42. The van der Waals surface area contributed by atoms with E-state index in [2.05, 4.69) is 18.0 Å². The highest BCUT2D eigenvalue weighted by Gasteiger charge is 2.07. The van der Waals surface area contributed by atoms with Crippen molar-refractivity contribution in [2.24, 2.45) is 0 Å². The van der Waals surface area contributed by atoms with E-state index in [1.54, 1.807) is 0 Å². The predicted octanol–water partition coefficient (Wildman–Crippen LogP) is 3.46. The molecule has 0 saturated heterocycles. The van der Waals surface area contributed by atoms with Crippen LogP contribution in [0.3, 0.4) is 0 Å². The summed E-state index contributed by atoms with van der Waals surface area (Å²) in [5.41, 5.74) is 2.99. The summed E-state index contributed by atoms with van der Waals surface area (Å²) in [6, 6.07) is 8.11. The van der Waals surface area contributed by atoms with Crippen molar-refractivity contribution in [3.05, 3.63) is 35.5 Å². The van der Waals surface area contributed by atoms with Crippen LogP contribution in [0.15, 0.2) is 24.3 Å². The molecule has 0 aliphatic rings. The summed E-state index contributed by atoms with van der Waals surface area (Å²) in [5, 5.41) is 1.12. The van der Waals surface area contributed by atoms with Gasteiger partial charge in [-0.1, -0.05) is 18.6 Å². The fourth-order valence-corrected chi connectivity index (χ4v) is 1.76. The fraction of sp³-hybridized carbons (Fsp3) is 0.308. The maximum Gasteiger partial charge on any atom is 0.179 e. The molecule has 2 nitrogen and oxygen atoms in total. The molecule has 1 aromatic carbocycles. The quantitative estimate of drug-likeness (QED) is 0.758. The van der Waals surface area contributed by atoms with Crippen molar-refractivity contribution in [1.82, 2.24) is 4.98 Å². The van der Waals surface area contributed by atoms with E-state index in [0.717, 1.165) is 23.0 Å². The third-order valence-corrected chi connectivity index (χ3v) is 2.55. The number of aryl methyl sites for hydroxylation is 1. The lowest BCUT2D eigenvalue weighted by atomic mass is 10.1. The molecule has 2 aromatic rings. The molecule has 0 fully saturated rings. The van der Waals surface area contributed by atoms with Crippen LogP contribution in [0.25, 0.3) is 10.9 Å². The van der Waals surface area contributed by atoms with Crippen LogP contribution in [0.5, 0.6) is 0 Å². The molecule has 1 aromatic heterocycles. The monoisotopic (exact) mass is 201 g/mol. The molecule has 1 heterocycles. The number of benzene rings is 1. The van der Waals surface area contributed by atoms with Gasteiger partial charge in [0.05, 0.1) is 5.69 Å². The van der Waals surface area contributed by atoms with E-state index in [9.17, 15) is 4.79 Å². The zero-order chi connectivity index (χ0) is 10.8. The van der Waals surface area contributed by atoms with Crippen molar-refractivity contribution in [2.75, 3.05) is 0 Å². The predicted molar refractivity (Wildman–Crippen MR) is 62.3 cm³/mol. The highest BCUT2D eigenvalue weighted by atomic mass is 16.1. The van der Waals surface area contributed by atoms with E-state index in [1.807, 2.05) is 25.1 Å². The average Bonchev–Trinajstić information content (AvgIpc) is 2.60. The molecule has 0 unspecified atom stereocenters. The van der Waals surface area contributed by atoms with Crippen molar-refractivity contribution in [1.29, 1.82) is 0 Å². The first-order valence-electron chi connectivity index (χ1n) is 5.33. The second kappa shape index (κ2) is 3.89. The molecule has 78 valence electrons. The van der Waals surface area contributed by atoms with Crippen LogP contribution in [-0.2, 0) is 0 Å². The van der Waals surface area contributed by atoms with E-state index in [1.165, 1.54) is 5.56 Å². The van der Waals surface area contributed by atoms with Gasteiger partial charge >= 0.3 is 0 Å². The molecule has 2 heteroatoms. The topological polar surface area (TPSA) is 32.9 Å². The van der Waals surface area contributed by atoms with Gasteiger partial charge in [-0.15, -0.1) is 0 Å². The number of aromatic nitrogens is 1. The van der Waals surface area contributed by atoms with E-state index < -0.39 is 0 Å². The summed E-state index contributed by atoms with van der Waals surface area (Å²) in [4.78, 5) is 14.8. The maximum atomic E-state index is 11.7. The Morgan fingerprint density at radius 1 is 1.33 bits per heavy atom. The Hall–Kier alpha value is -1.57. The van der Waals surface area contributed by atoms with Gasteiger partial charge in [-0.3, -0.25) is 4.79 Å². The van der Waals surface area contributed by atoms with Crippen molar-refractivity contribution >= 4 is 16.7 Å². The van der Waals surface area contributed by atoms with Gasteiger partial charge in [-0.25, -0.2) is 0 Å². The smallest absolute Gasteiger partial charge is 0.179 e. The minimum absolute atomic E-state index is 0.200. The lowest BCUT2D eigenvalue weighted by molar-refractivity contribution is 0.0978. The maximum absolute atomic E-state index is 11.7. The SMILES string of the molecule is CCCC(=O)c1cc2cc(C)ccc2[nH]1. The molecular weight excluding hydrogens is 186 g/mol. The highest BCUT2D eigenvalue weighted by Crippen LogP contribution is 2.18. The summed E-state index contributed by atoms with van der Waals surface area (Å²) in [6.07, 6.45) is 1.51. The molecule has 0 radical (unpaired) electrons. The molecule has 2 rings (SSSR count). The van der Waals surface area contributed by atoms with E-state index >= 15 is 0 Å². The summed E-state index contributed by atoms with van der Waals surface area (Å²) in [7, 11) is 0. The van der Waals surface area contributed by atoms with Gasteiger partial charge in [0.25, 0.3) is 0 Å². The van der Waals surface area contributed by atoms with Crippen molar-refractivity contribution in [2.45, 2.75) is 26.7 Å². The van der Waals surface area contributed by atoms with Crippen LogP contribution in [0.2, 0.25) is 0 Å². The number of fused-ring (bicyclic) bond motifs is 1. The lowest BCUT2D eigenvalue weighted by Crippen LogP contribution is -1.97. The Morgan fingerprint density at radius 2 is 2.13 bits per heavy atom. The number of aromatic amines is 1. The summed E-state index contributed by atoms with van der Waals surface area (Å²) in [5.74, 6) is 0.200. The zero-order valence-corrected chi connectivity index (χ0v) is 9.13. The summed E-state index contributed by atoms with van der Waals surface area (Å²) in [6.45, 7) is 4.07. The number of H-pyrrole nitrogens is 1. The van der Waals surface area contributed by atoms with Gasteiger partial charge in [0.1, 0.15) is 0 Å². The normalized spacial score (nSPS) is 10.8. The molecule has 0 atom stereocenters. The van der Waals surface area contributed by atoms with Gasteiger partial charge in [-0.2, -0.15) is 0 Å². The second-order valence-electron chi connectivity index (χ2n) is 3.95. The molecule has 0 saturated carbocycles. The van der Waals surface area contributed by atoms with Crippen molar-refractivity contribution in [3.63, 3.8) is 0 Å². The average molecular weight is 201 g/mol. The van der Waals surface area contributed by atoms with Crippen molar-refractivity contribution in [3.8, 4) is 0 Å². The second-order valence-corrected chi connectivity index (χ2v) is 3.95. The zero-order valence-electron chi connectivity index (χ0n) is 9.13. The minimum Gasteiger partial charge on any atom is -0.352 e. The molecule has 0 aliphatic carbocycles. The van der Waals surface area contributed by atoms with E-state index in [4.69, 9.17) is 0 Å². The fourth-order valence-electron chi connectivity index (χ4n) is 1.76. The number of nitrogens with one attached hydrogen (secondary N) is 1. The largest absolute Gasteiger partial charge is 0.352 e. The van der Waals surface area contributed by atoms with Crippen LogP contribution in [-0.4, -0.2) is 10.8 Å². The van der Waals surface area contributed by atoms with E-state index in [0.29, 0.717) is 6.42 Å².